The van der Waals surface area contributed by atoms with Crippen LogP contribution >= 0.6 is 11.6 Å². The van der Waals surface area contributed by atoms with Crippen LogP contribution in [0, 0.1) is 5.82 Å². The van der Waals surface area contributed by atoms with Gasteiger partial charge in [0, 0.05) is 56.4 Å². The van der Waals surface area contributed by atoms with E-state index in [-0.39, 0.29) is 40.0 Å². The van der Waals surface area contributed by atoms with E-state index in [0.29, 0.717) is 43.6 Å². The van der Waals surface area contributed by atoms with Crippen molar-refractivity contribution in [3.63, 3.8) is 0 Å². The van der Waals surface area contributed by atoms with E-state index in [1.54, 1.807) is 34.1 Å². The summed E-state index contributed by atoms with van der Waals surface area (Å²) < 4.78 is 14.6. The number of aromatic nitrogens is 1. The largest absolute Gasteiger partial charge is 0.339 e. The molecule has 2 atom stereocenters. The molecule has 0 spiro atoms. The Morgan fingerprint density at radius 1 is 1.00 bits per heavy atom. The van der Waals surface area contributed by atoms with Gasteiger partial charge in [0.25, 0.3) is 17.6 Å². The number of carbonyl (C=O) groups is 3. The summed E-state index contributed by atoms with van der Waals surface area (Å²) in [7, 11) is 0. The van der Waals surface area contributed by atoms with Crippen molar-refractivity contribution in [3.05, 3.63) is 70.1 Å². The summed E-state index contributed by atoms with van der Waals surface area (Å²) in [5.74, 6) is 4.38. The molecule has 0 bridgehead atoms. The number of halogens is 2. The number of amides is 2. The van der Waals surface area contributed by atoms with E-state index in [9.17, 15) is 18.8 Å². The lowest BCUT2D eigenvalue weighted by Gasteiger charge is -2.44. The van der Waals surface area contributed by atoms with Gasteiger partial charge in [0.1, 0.15) is 5.82 Å². The molecule has 5 rings (SSSR count). The van der Waals surface area contributed by atoms with Crippen LogP contribution in [0.15, 0.2) is 42.6 Å². The molecule has 0 aliphatic carbocycles. The zero-order valence-corrected chi connectivity index (χ0v) is 22.2. The maximum absolute atomic E-state index is 13.7. The van der Waals surface area contributed by atoms with Crippen molar-refractivity contribution in [3.8, 4) is 0 Å². The first-order valence-corrected chi connectivity index (χ1v) is 13.2. The second-order valence-electron chi connectivity index (χ2n) is 10.3. The molecule has 1 aromatic heterocycles. The van der Waals surface area contributed by atoms with Gasteiger partial charge < -0.3 is 15.6 Å². The van der Waals surface area contributed by atoms with Crippen LogP contribution in [0.25, 0.3) is 10.9 Å². The molecule has 2 aliphatic heterocycles. The summed E-state index contributed by atoms with van der Waals surface area (Å²) in [6.45, 7) is 6.92. The molecule has 2 aromatic carbocycles. The first-order chi connectivity index (χ1) is 18.1. The molecule has 2 aliphatic rings. The third-order valence-corrected chi connectivity index (χ3v) is 7.97. The monoisotopic (exact) mass is 539 g/mol. The van der Waals surface area contributed by atoms with E-state index in [0.717, 1.165) is 18.4 Å². The Morgan fingerprint density at radius 2 is 1.68 bits per heavy atom. The van der Waals surface area contributed by atoms with Crippen LogP contribution in [0.5, 0.6) is 0 Å². The zero-order valence-electron chi connectivity index (χ0n) is 21.5. The van der Waals surface area contributed by atoms with E-state index in [1.165, 1.54) is 23.0 Å². The Kier molecular flexibility index (Phi) is 7.15. The molecule has 8 nitrogen and oxygen atoms in total. The topological polar surface area (TPSA) is 91.9 Å². The summed E-state index contributed by atoms with van der Waals surface area (Å²) in [6, 6.07) is 9.55. The Balaban J connectivity index is 1.39. The average molecular weight is 540 g/mol. The van der Waals surface area contributed by atoms with E-state index in [2.05, 4.69) is 11.8 Å². The first-order valence-electron chi connectivity index (χ1n) is 12.9. The molecule has 0 saturated carbocycles. The highest BCUT2D eigenvalue weighted by Gasteiger charge is 2.34. The van der Waals surface area contributed by atoms with Gasteiger partial charge in [-0.25, -0.2) is 4.39 Å². The number of rotatable bonds is 5. The fraction of sp³-hybridized carbons (Fsp3) is 0.393. The molecule has 2 saturated heterocycles. The Bertz CT molecular complexity index is 1400. The summed E-state index contributed by atoms with van der Waals surface area (Å²) in [5, 5.41) is 0.652. The average Bonchev–Trinajstić information content (AvgIpc) is 3.54. The molecule has 10 heteroatoms. The smallest absolute Gasteiger partial charge is 0.295 e. The van der Waals surface area contributed by atoms with Crippen molar-refractivity contribution in [2.45, 2.75) is 45.3 Å². The number of benzene rings is 2. The highest BCUT2D eigenvalue weighted by atomic mass is 35.5. The SMILES string of the molecule is CC1CN(C(=O)c2cc3c(C(=O)C(=O)N4CCCC4)cn(N)c3cc2Cl)C(C)CN1Cc1ccc(F)cc1. The summed E-state index contributed by atoms with van der Waals surface area (Å²) >= 11 is 6.56. The Morgan fingerprint density at radius 3 is 2.37 bits per heavy atom. The van der Waals surface area contributed by atoms with Gasteiger partial charge in [0.05, 0.1) is 21.7 Å². The maximum Gasteiger partial charge on any atom is 0.295 e. The van der Waals surface area contributed by atoms with Crippen LogP contribution in [-0.4, -0.2) is 75.2 Å². The first kappa shape index (κ1) is 26.2. The Labute approximate surface area is 225 Å². The van der Waals surface area contributed by atoms with Gasteiger partial charge >= 0.3 is 0 Å². The second kappa shape index (κ2) is 10.4. The molecule has 2 unspecified atom stereocenters. The van der Waals surface area contributed by atoms with Gasteiger partial charge in [0.2, 0.25) is 0 Å². The van der Waals surface area contributed by atoms with Gasteiger partial charge in [-0.3, -0.25) is 24.0 Å². The lowest BCUT2D eigenvalue weighted by atomic mass is 10.0. The number of nitrogens with two attached hydrogens (primary N) is 1. The Hall–Kier alpha value is -3.43. The van der Waals surface area contributed by atoms with Crippen LogP contribution in [0.4, 0.5) is 4.39 Å². The van der Waals surface area contributed by atoms with Gasteiger partial charge in [-0.15, -0.1) is 0 Å². The standard InChI is InChI=1S/C28H31ClFN5O3/c1-17-14-34(18(2)13-33(17)15-19-5-7-20(30)8-6-19)27(37)22-11-21-23(16-35(31)25(21)12-24(22)29)26(36)28(38)32-9-3-4-10-32/h5-8,11-12,16-18H,3-4,9-10,13-15,31H2,1-2H3. The third-order valence-electron chi connectivity index (χ3n) is 7.66. The maximum atomic E-state index is 13.7. The van der Waals surface area contributed by atoms with Crippen molar-refractivity contribution in [1.29, 1.82) is 0 Å². The lowest BCUT2D eigenvalue weighted by molar-refractivity contribution is -0.125. The number of Topliss-reactive ketones (excluding diaryl/α,β-unsaturated/α-hetero) is 1. The van der Waals surface area contributed by atoms with Crippen molar-refractivity contribution < 1.29 is 18.8 Å². The normalized spacial score (nSPS) is 20.3. The van der Waals surface area contributed by atoms with Crippen LogP contribution in [0.3, 0.4) is 0 Å². The number of piperazine rings is 1. The number of ketones is 1. The number of hydrogen-bond donors (Lipinski definition) is 1. The van der Waals surface area contributed by atoms with Gasteiger partial charge in [0.15, 0.2) is 0 Å². The minimum absolute atomic E-state index is 0.0584. The summed E-state index contributed by atoms with van der Waals surface area (Å²) in [5.41, 5.74) is 1.90. The molecule has 200 valence electrons. The van der Waals surface area contributed by atoms with E-state index >= 15 is 0 Å². The predicted octanol–water partition coefficient (Wildman–Crippen LogP) is 3.69. The molecule has 2 N–H and O–H groups in total. The fourth-order valence-electron chi connectivity index (χ4n) is 5.47. The number of hydrogen-bond acceptors (Lipinski definition) is 5. The highest BCUT2D eigenvalue weighted by Crippen LogP contribution is 2.30. The van der Waals surface area contributed by atoms with Crippen molar-refractivity contribution >= 4 is 40.1 Å². The molecular formula is C28H31ClFN5O3. The second-order valence-corrected chi connectivity index (χ2v) is 10.7. The summed E-state index contributed by atoms with van der Waals surface area (Å²) in [6.07, 6.45) is 3.17. The predicted molar refractivity (Wildman–Crippen MR) is 144 cm³/mol. The molecule has 2 fully saturated rings. The van der Waals surface area contributed by atoms with Crippen molar-refractivity contribution in [1.82, 2.24) is 19.4 Å². The molecule has 0 radical (unpaired) electrons. The van der Waals surface area contributed by atoms with Crippen LogP contribution in [-0.2, 0) is 11.3 Å². The summed E-state index contributed by atoms with van der Waals surface area (Å²) in [4.78, 5) is 45.2. The molecule has 2 amide bonds. The molecule has 38 heavy (non-hydrogen) atoms. The number of carbonyl (C=O) groups excluding carboxylic acids is 3. The van der Waals surface area contributed by atoms with Crippen LogP contribution < -0.4 is 5.84 Å². The third kappa shape index (κ3) is 4.88. The lowest BCUT2D eigenvalue weighted by Crippen LogP contribution is -2.57. The quantitative estimate of drug-likeness (QED) is 0.303. The van der Waals surface area contributed by atoms with Crippen molar-refractivity contribution in [2.24, 2.45) is 0 Å². The zero-order chi connectivity index (χ0) is 27.1. The number of nitrogen functional groups attached to an aromatic ring is 1. The van der Waals surface area contributed by atoms with E-state index in [4.69, 9.17) is 17.4 Å². The molecule has 3 aromatic rings. The van der Waals surface area contributed by atoms with Gasteiger partial charge in [-0.2, -0.15) is 0 Å². The number of nitrogens with zero attached hydrogens (tertiary/aromatic N) is 4. The highest BCUT2D eigenvalue weighted by molar-refractivity contribution is 6.45. The van der Waals surface area contributed by atoms with Crippen LogP contribution in [0.2, 0.25) is 5.02 Å². The van der Waals surface area contributed by atoms with Gasteiger partial charge in [-0.05, 0) is 56.5 Å². The molecular weight excluding hydrogens is 509 g/mol. The number of likely N-dealkylation sites (tertiary alicyclic amines) is 1. The molecule has 3 heterocycles. The minimum Gasteiger partial charge on any atom is -0.339 e. The minimum atomic E-state index is -0.641. The number of fused-ring (bicyclic) bond motifs is 1. The van der Waals surface area contributed by atoms with Crippen molar-refractivity contribution in [2.75, 3.05) is 32.0 Å². The van der Waals surface area contributed by atoms with Gasteiger partial charge in [-0.1, -0.05) is 23.7 Å². The van der Waals surface area contributed by atoms with E-state index < -0.39 is 11.7 Å². The van der Waals surface area contributed by atoms with Crippen LogP contribution in [0.1, 0.15) is 53.0 Å². The van der Waals surface area contributed by atoms with E-state index in [1.807, 2.05) is 6.92 Å². The fourth-order valence-corrected chi connectivity index (χ4v) is 5.71.